The molecule has 1 aromatic heterocycles. The number of hydrogen-bond donors (Lipinski definition) is 1. The van der Waals surface area contributed by atoms with Gasteiger partial charge < -0.3 is 4.98 Å². The Kier molecular flexibility index (Phi) is 1.85. The van der Waals surface area contributed by atoms with Crippen molar-refractivity contribution in [3.05, 3.63) is 30.4 Å². The summed E-state index contributed by atoms with van der Waals surface area (Å²) in [5, 5.41) is 0. The molecule has 2 aliphatic carbocycles. The maximum absolute atomic E-state index is 12.3. The minimum Gasteiger partial charge on any atom is -0.347 e. The summed E-state index contributed by atoms with van der Waals surface area (Å²) in [6.45, 7) is 0.275. The number of likely N-dealkylation sites (tertiary alicyclic amines) is 1. The largest absolute Gasteiger partial charge is 0.347 e. The van der Waals surface area contributed by atoms with Crippen LogP contribution in [0.25, 0.3) is 0 Å². The highest BCUT2D eigenvalue weighted by Gasteiger charge is 2.59. The van der Waals surface area contributed by atoms with Crippen molar-refractivity contribution >= 4 is 11.8 Å². The van der Waals surface area contributed by atoms with E-state index in [0.717, 1.165) is 6.42 Å². The summed E-state index contributed by atoms with van der Waals surface area (Å²) in [5.74, 6) is 0.967. The van der Waals surface area contributed by atoms with Gasteiger partial charge in [0.25, 0.3) is 0 Å². The quantitative estimate of drug-likeness (QED) is 0.614. The molecule has 2 amide bonds. The molecule has 0 aromatic carbocycles. The van der Waals surface area contributed by atoms with Crippen LogP contribution in [0.4, 0.5) is 0 Å². The van der Waals surface area contributed by atoms with Crippen LogP contribution >= 0.6 is 0 Å². The van der Waals surface area contributed by atoms with Crippen molar-refractivity contribution in [2.75, 3.05) is 0 Å². The van der Waals surface area contributed by atoms with E-state index in [1.807, 2.05) is 0 Å². The molecule has 4 rings (SSSR count). The second kappa shape index (κ2) is 3.31. The zero-order valence-corrected chi connectivity index (χ0v) is 9.74. The number of nitrogens with zero attached hydrogens (tertiary/aromatic N) is 2. The van der Waals surface area contributed by atoms with Crippen LogP contribution in [0.5, 0.6) is 0 Å². The standard InChI is InChI=1S/C13H13N3O2/c17-12-10-7-1-2-8(5-7)11(10)13(18)16(12)6-9-14-3-4-15-9/h1-4,7-8,10-11H,5-6H2,(H,14,15). The topological polar surface area (TPSA) is 66.1 Å². The number of hydrogen-bond acceptors (Lipinski definition) is 3. The van der Waals surface area contributed by atoms with Gasteiger partial charge >= 0.3 is 0 Å². The monoisotopic (exact) mass is 243 g/mol. The van der Waals surface area contributed by atoms with Gasteiger partial charge in [0.05, 0.1) is 18.4 Å². The molecule has 1 saturated carbocycles. The van der Waals surface area contributed by atoms with E-state index in [1.54, 1.807) is 12.4 Å². The zero-order valence-electron chi connectivity index (χ0n) is 9.74. The Morgan fingerprint density at radius 3 is 2.44 bits per heavy atom. The van der Waals surface area contributed by atoms with Crippen molar-refractivity contribution < 1.29 is 9.59 Å². The molecule has 0 spiro atoms. The van der Waals surface area contributed by atoms with Crippen molar-refractivity contribution in [3.63, 3.8) is 0 Å². The Bertz CT molecular complexity index is 519. The molecular weight excluding hydrogens is 230 g/mol. The summed E-state index contributed by atoms with van der Waals surface area (Å²) in [6, 6.07) is 0. The molecule has 1 N–H and O–H groups in total. The summed E-state index contributed by atoms with van der Waals surface area (Å²) in [6.07, 6.45) is 8.51. The molecule has 3 aliphatic rings. The van der Waals surface area contributed by atoms with E-state index < -0.39 is 0 Å². The van der Waals surface area contributed by atoms with Gasteiger partial charge in [-0.1, -0.05) is 12.2 Å². The molecule has 4 unspecified atom stereocenters. The van der Waals surface area contributed by atoms with Crippen LogP contribution in [-0.2, 0) is 16.1 Å². The third-order valence-electron chi connectivity index (χ3n) is 4.42. The Hall–Kier alpha value is -1.91. The van der Waals surface area contributed by atoms with Crippen LogP contribution < -0.4 is 0 Å². The van der Waals surface area contributed by atoms with Crippen molar-refractivity contribution in [3.8, 4) is 0 Å². The summed E-state index contributed by atoms with van der Waals surface area (Å²) < 4.78 is 0. The molecule has 18 heavy (non-hydrogen) atoms. The summed E-state index contributed by atoms with van der Waals surface area (Å²) in [4.78, 5) is 33.1. The number of aromatic nitrogens is 2. The number of carbonyl (C=O) groups is 2. The molecule has 2 fully saturated rings. The van der Waals surface area contributed by atoms with E-state index >= 15 is 0 Å². The van der Waals surface area contributed by atoms with Crippen LogP contribution in [-0.4, -0.2) is 26.7 Å². The lowest BCUT2D eigenvalue weighted by Gasteiger charge is -2.15. The van der Waals surface area contributed by atoms with Crippen molar-refractivity contribution in [2.45, 2.75) is 13.0 Å². The second-order valence-electron chi connectivity index (χ2n) is 5.30. The van der Waals surface area contributed by atoms with E-state index in [9.17, 15) is 9.59 Å². The lowest BCUT2D eigenvalue weighted by Crippen LogP contribution is -2.32. The molecule has 92 valence electrons. The highest BCUT2D eigenvalue weighted by Crippen LogP contribution is 2.52. The van der Waals surface area contributed by atoms with E-state index in [-0.39, 0.29) is 42.0 Å². The number of aromatic amines is 1. The molecule has 5 nitrogen and oxygen atoms in total. The van der Waals surface area contributed by atoms with Crippen molar-refractivity contribution in [1.29, 1.82) is 0 Å². The van der Waals surface area contributed by atoms with Crippen LogP contribution in [0.15, 0.2) is 24.5 Å². The van der Waals surface area contributed by atoms with Gasteiger partial charge in [-0.05, 0) is 18.3 Å². The van der Waals surface area contributed by atoms with Gasteiger partial charge in [-0.15, -0.1) is 0 Å². The summed E-state index contributed by atoms with van der Waals surface area (Å²) in [5.41, 5.74) is 0. The molecule has 2 heterocycles. The minimum atomic E-state index is -0.109. The second-order valence-corrected chi connectivity index (χ2v) is 5.30. The lowest BCUT2D eigenvalue weighted by molar-refractivity contribution is -0.141. The van der Waals surface area contributed by atoms with E-state index in [4.69, 9.17) is 0 Å². The number of amides is 2. The Morgan fingerprint density at radius 2 is 1.89 bits per heavy atom. The fraction of sp³-hybridized carbons (Fsp3) is 0.462. The highest BCUT2D eigenvalue weighted by molar-refractivity contribution is 6.06. The first-order chi connectivity index (χ1) is 8.75. The predicted octanol–water partition coefficient (Wildman–Crippen LogP) is 0.717. The first kappa shape index (κ1) is 10.1. The van der Waals surface area contributed by atoms with Crippen LogP contribution in [0.2, 0.25) is 0 Å². The van der Waals surface area contributed by atoms with Gasteiger partial charge in [0.1, 0.15) is 5.82 Å². The number of fused-ring (bicyclic) bond motifs is 5. The Morgan fingerprint density at radius 1 is 1.22 bits per heavy atom. The van der Waals surface area contributed by atoms with Crippen LogP contribution in [0.1, 0.15) is 12.2 Å². The number of carbonyl (C=O) groups excluding carboxylic acids is 2. The number of rotatable bonds is 2. The fourth-order valence-electron chi connectivity index (χ4n) is 3.65. The molecule has 2 bridgehead atoms. The zero-order chi connectivity index (χ0) is 12.3. The van der Waals surface area contributed by atoms with Gasteiger partial charge in [-0.25, -0.2) is 4.98 Å². The fourth-order valence-corrected chi connectivity index (χ4v) is 3.65. The Labute approximate surface area is 104 Å². The third kappa shape index (κ3) is 1.14. The van der Waals surface area contributed by atoms with E-state index in [2.05, 4.69) is 22.1 Å². The third-order valence-corrected chi connectivity index (χ3v) is 4.42. The Balaban J connectivity index is 1.64. The lowest BCUT2D eigenvalue weighted by atomic mass is 9.85. The smallest absolute Gasteiger partial charge is 0.234 e. The molecule has 4 atom stereocenters. The molecule has 1 aromatic rings. The van der Waals surface area contributed by atoms with Crippen LogP contribution in [0, 0.1) is 23.7 Å². The molecule has 1 aliphatic heterocycles. The van der Waals surface area contributed by atoms with Gasteiger partial charge in [0.2, 0.25) is 11.8 Å². The molecule has 1 saturated heterocycles. The van der Waals surface area contributed by atoms with Crippen molar-refractivity contribution in [1.82, 2.24) is 14.9 Å². The van der Waals surface area contributed by atoms with E-state index in [1.165, 1.54) is 4.90 Å². The number of H-pyrrole nitrogens is 1. The average Bonchev–Trinajstić information content (AvgIpc) is 3.10. The van der Waals surface area contributed by atoms with Gasteiger partial charge in [-0.3, -0.25) is 14.5 Å². The normalized spacial score (nSPS) is 36.8. The summed E-state index contributed by atoms with van der Waals surface area (Å²) in [7, 11) is 0. The predicted molar refractivity (Wildman–Crippen MR) is 61.9 cm³/mol. The SMILES string of the molecule is O=C1C2C3C=CC(C3)C2C(=O)N1Cc1ncc[nH]1. The first-order valence-electron chi connectivity index (χ1n) is 6.27. The number of nitrogens with one attached hydrogen (secondary N) is 1. The number of imidazole rings is 1. The molecular formula is C13H13N3O2. The van der Waals surface area contributed by atoms with Crippen LogP contribution in [0.3, 0.4) is 0 Å². The van der Waals surface area contributed by atoms with Gasteiger partial charge in [0.15, 0.2) is 0 Å². The number of allylic oxidation sites excluding steroid dienone is 2. The molecule has 5 heteroatoms. The van der Waals surface area contributed by atoms with Gasteiger partial charge in [-0.2, -0.15) is 0 Å². The van der Waals surface area contributed by atoms with Gasteiger partial charge in [0, 0.05) is 12.4 Å². The first-order valence-corrected chi connectivity index (χ1v) is 6.27. The van der Waals surface area contributed by atoms with E-state index in [0.29, 0.717) is 5.82 Å². The maximum Gasteiger partial charge on any atom is 0.234 e. The average molecular weight is 243 g/mol. The summed E-state index contributed by atoms with van der Waals surface area (Å²) >= 11 is 0. The van der Waals surface area contributed by atoms with Crippen molar-refractivity contribution in [2.24, 2.45) is 23.7 Å². The maximum atomic E-state index is 12.3. The highest BCUT2D eigenvalue weighted by atomic mass is 16.2. The minimum absolute atomic E-state index is 0.0155. The number of imide groups is 1. The molecule has 0 radical (unpaired) electrons.